The lowest BCUT2D eigenvalue weighted by atomic mass is 10.2. The molecule has 1 N–H and O–H groups in total. The Morgan fingerprint density at radius 2 is 2.28 bits per heavy atom. The van der Waals surface area contributed by atoms with E-state index in [9.17, 15) is 4.79 Å². The van der Waals surface area contributed by atoms with E-state index in [0.29, 0.717) is 15.4 Å². The van der Waals surface area contributed by atoms with Crippen LogP contribution in [0.4, 0.5) is 5.69 Å². The summed E-state index contributed by atoms with van der Waals surface area (Å²) in [6, 6.07) is 1.73. The Bertz CT molecular complexity index is 823. The number of hydrogen-bond acceptors (Lipinski definition) is 5. The molecule has 0 bridgehead atoms. The maximum absolute atomic E-state index is 12.0. The van der Waals surface area contributed by atoms with E-state index >= 15 is 0 Å². The second-order valence-corrected chi connectivity index (χ2v) is 5.25. The molecule has 0 atom stereocenters. The van der Waals surface area contributed by atoms with Crippen LogP contribution in [-0.2, 0) is 7.05 Å². The summed E-state index contributed by atoms with van der Waals surface area (Å²) in [4.78, 5) is 21.3. The van der Waals surface area contributed by atoms with E-state index < -0.39 is 0 Å². The first-order valence-electron chi connectivity index (χ1n) is 5.24. The van der Waals surface area contributed by atoms with Gasteiger partial charge in [-0.25, -0.2) is 9.97 Å². The second kappa shape index (κ2) is 3.93. The lowest BCUT2D eigenvalue weighted by molar-refractivity contribution is 0.845. The predicted octanol–water partition coefficient (Wildman–Crippen LogP) is 2.24. The first-order chi connectivity index (χ1) is 8.61. The van der Waals surface area contributed by atoms with Gasteiger partial charge in [-0.15, -0.1) is 11.3 Å². The van der Waals surface area contributed by atoms with Gasteiger partial charge in [0.25, 0.3) is 5.56 Å². The Hall–Kier alpha value is -1.66. The summed E-state index contributed by atoms with van der Waals surface area (Å²) in [6.45, 7) is 0. The Balaban J connectivity index is 2.60. The molecule has 92 valence electrons. The van der Waals surface area contributed by atoms with Crippen molar-refractivity contribution in [1.82, 2.24) is 14.5 Å². The molecule has 0 aliphatic carbocycles. The molecule has 18 heavy (non-hydrogen) atoms. The topological polar surface area (TPSA) is 59.8 Å². The van der Waals surface area contributed by atoms with Crippen molar-refractivity contribution in [1.29, 1.82) is 0 Å². The van der Waals surface area contributed by atoms with Gasteiger partial charge in [0.2, 0.25) is 0 Å². The van der Waals surface area contributed by atoms with Gasteiger partial charge in [0.05, 0.1) is 17.2 Å². The molecule has 7 heteroatoms. The van der Waals surface area contributed by atoms with Gasteiger partial charge in [0, 0.05) is 19.8 Å². The maximum atomic E-state index is 12.0. The van der Waals surface area contributed by atoms with Gasteiger partial charge in [0.1, 0.15) is 14.7 Å². The molecular weight excluding hydrogens is 272 g/mol. The van der Waals surface area contributed by atoms with Crippen LogP contribution in [0.15, 0.2) is 17.2 Å². The maximum Gasteiger partial charge on any atom is 0.271 e. The quantitative estimate of drug-likeness (QED) is 0.695. The molecule has 0 amide bonds. The van der Waals surface area contributed by atoms with E-state index in [2.05, 4.69) is 15.3 Å². The Labute approximate surface area is 111 Å². The van der Waals surface area contributed by atoms with Crippen LogP contribution in [0.3, 0.4) is 0 Å². The molecule has 0 saturated heterocycles. The number of hydrogen-bond donors (Lipinski definition) is 1. The molecule has 0 spiro atoms. The number of halogens is 1. The molecule has 0 aliphatic rings. The van der Waals surface area contributed by atoms with E-state index in [-0.39, 0.29) is 5.56 Å². The molecule has 0 aliphatic heterocycles. The van der Waals surface area contributed by atoms with E-state index in [0.717, 1.165) is 15.9 Å². The second-order valence-electron chi connectivity index (χ2n) is 3.86. The third-order valence-corrected chi connectivity index (χ3v) is 4.00. The molecule has 3 aromatic rings. The van der Waals surface area contributed by atoms with Gasteiger partial charge in [-0.3, -0.25) is 4.79 Å². The molecule has 5 nitrogen and oxygen atoms in total. The zero-order chi connectivity index (χ0) is 12.9. The smallest absolute Gasteiger partial charge is 0.271 e. The summed E-state index contributed by atoms with van der Waals surface area (Å²) in [7, 11) is 3.48. The van der Waals surface area contributed by atoms with Crippen molar-refractivity contribution in [2.45, 2.75) is 0 Å². The van der Waals surface area contributed by atoms with Gasteiger partial charge >= 0.3 is 0 Å². The summed E-state index contributed by atoms with van der Waals surface area (Å²) in [6.07, 6.45) is 1.52. The SMILES string of the molecule is CNc1cc(Cl)nc2sc3c(=O)n(C)cnc3c12. The fourth-order valence-corrected chi connectivity index (χ4v) is 3.25. The summed E-state index contributed by atoms with van der Waals surface area (Å²) in [5.74, 6) is 0. The normalized spacial score (nSPS) is 11.3. The van der Waals surface area contributed by atoms with E-state index in [4.69, 9.17) is 11.6 Å². The number of fused-ring (bicyclic) bond motifs is 3. The third-order valence-electron chi connectivity index (χ3n) is 2.75. The number of pyridine rings is 1. The fraction of sp³-hybridized carbons (Fsp3) is 0.182. The van der Waals surface area contributed by atoms with Crippen LogP contribution in [0.5, 0.6) is 0 Å². The van der Waals surface area contributed by atoms with Crippen molar-refractivity contribution in [2.24, 2.45) is 7.05 Å². The van der Waals surface area contributed by atoms with Crippen molar-refractivity contribution >= 4 is 49.1 Å². The fourth-order valence-electron chi connectivity index (χ4n) is 1.88. The minimum absolute atomic E-state index is 0.0684. The number of anilines is 1. The molecule has 0 fully saturated rings. The lowest BCUT2D eigenvalue weighted by Gasteiger charge is -2.02. The van der Waals surface area contributed by atoms with Crippen LogP contribution in [0.25, 0.3) is 20.4 Å². The zero-order valence-corrected chi connectivity index (χ0v) is 11.3. The van der Waals surface area contributed by atoms with Crippen LogP contribution in [0, 0.1) is 0 Å². The summed E-state index contributed by atoms with van der Waals surface area (Å²) >= 11 is 7.27. The first-order valence-corrected chi connectivity index (χ1v) is 6.43. The predicted molar refractivity (Wildman–Crippen MR) is 74.7 cm³/mol. The average molecular weight is 281 g/mol. The Morgan fingerprint density at radius 1 is 1.50 bits per heavy atom. The van der Waals surface area contributed by atoms with Gasteiger partial charge in [-0.05, 0) is 6.07 Å². The molecule has 0 unspecified atom stereocenters. The number of rotatable bonds is 1. The van der Waals surface area contributed by atoms with Crippen molar-refractivity contribution < 1.29 is 0 Å². The Kier molecular flexibility index (Phi) is 2.49. The third kappa shape index (κ3) is 1.49. The van der Waals surface area contributed by atoms with Crippen molar-refractivity contribution in [3.8, 4) is 0 Å². The number of nitrogens with zero attached hydrogens (tertiary/aromatic N) is 3. The lowest BCUT2D eigenvalue weighted by Crippen LogP contribution is -2.15. The summed E-state index contributed by atoms with van der Waals surface area (Å²) in [5, 5.41) is 4.30. The van der Waals surface area contributed by atoms with Gasteiger partial charge < -0.3 is 9.88 Å². The van der Waals surface area contributed by atoms with Gasteiger partial charge in [-0.2, -0.15) is 0 Å². The minimum atomic E-state index is -0.0684. The highest BCUT2D eigenvalue weighted by molar-refractivity contribution is 7.25. The van der Waals surface area contributed by atoms with Crippen LogP contribution in [0.1, 0.15) is 0 Å². The molecule has 0 saturated carbocycles. The average Bonchev–Trinajstić information content (AvgIpc) is 2.71. The molecular formula is C11H9ClN4OS. The van der Waals surface area contributed by atoms with E-state index in [1.54, 1.807) is 20.2 Å². The number of thiophene rings is 1. The van der Waals surface area contributed by atoms with Crippen molar-refractivity contribution in [2.75, 3.05) is 12.4 Å². The van der Waals surface area contributed by atoms with E-state index in [1.165, 1.54) is 22.2 Å². The Morgan fingerprint density at radius 3 is 3.00 bits per heavy atom. The van der Waals surface area contributed by atoms with Gasteiger partial charge in [0.15, 0.2) is 0 Å². The monoisotopic (exact) mass is 280 g/mol. The number of aromatic nitrogens is 3. The van der Waals surface area contributed by atoms with Crippen LogP contribution < -0.4 is 10.9 Å². The number of nitrogens with one attached hydrogen (secondary N) is 1. The molecule has 3 rings (SSSR count). The summed E-state index contributed by atoms with van der Waals surface area (Å²) < 4.78 is 2.06. The highest BCUT2D eigenvalue weighted by Crippen LogP contribution is 2.35. The van der Waals surface area contributed by atoms with E-state index in [1.807, 2.05) is 0 Å². The minimum Gasteiger partial charge on any atom is -0.387 e. The standard InChI is InChI=1S/C11H9ClN4OS/c1-13-5-3-6(12)15-10-7(5)8-9(18-10)11(17)16(2)4-14-8/h3-4H,1-2H3,(H,13,15). The molecule has 0 radical (unpaired) electrons. The molecule has 3 heterocycles. The summed E-state index contributed by atoms with van der Waals surface area (Å²) in [5.41, 5.74) is 1.43. The van der Waals surface area contributed by atoms with Crippen LogP contribution in [0.2, 0.25) is 5.15 Å². The van der Waals surface area contributed by atoms with Crippen molar-refractivity contribution in [3.05, 3.63) is 27.9 Å². The highest BCUT2D eigenvalue weighted by Gasteiger charge is 2.15. The van der Waals surface area contributed by atoms with Gasteiger partial charge in [-0.1, -0.05) is 11.6 Å². The first kappa shape index (κ1) is 11.4. The van der Waals surface area contributed by atoms with Crippen LogP contribution in [-0.4, -0.2) is 21.6 Å². The zero-order valence-electron chi connectivity index (χ0n) is 9.69. The van der Waals surface area contributed by atoms with Crippen molar-refractivity contribution in [3.63, 3.8) is 0 Å². The van der Waals surface area contributed by atoms with Crippen LogP contribution >= 0.6 is 22.9 Å². The highest BCUT2D eigenvalue weighted by atomic mass is 35.5. The largest absolute Gasteiger partial charge is 0.387 e. The molecule has 3 aromatic heterocycles. The number of aryl methyl sites for hydroxylation is 1. The molecule has 0 aromatic carbocycles.